The van der Waals surface area contributed by atoms with Crippen LogP contribution in [0.3, 0.4) is 0 Å². The average Bonchev–Trinajstić information content (AvgIpc) is 2.23. The van der Waals surface area contributed by atoms with Crippen molar-refractivity contribution in [3.05, 3.63) is 28.2 Å². The van der Waals surface area contributed by atoms with E-state index >= 15 is 0 Å². The highest BCUT2D eigenvalue weighted by atomic mass is 79.9. The number of hydrogen-bond donors (Lipinski definition) is 1. The Morgan fingerprint density at radius 3 is 2.11 bits per heavy atom. The van der Waals surface area contributed by atoms with Crippen molar-refractivity contribution in [3.63, 3.8) is 0 Å². The minimum Gasteiger partial charge on any atom is -0.382 e. The first-order valence-electron chi connectivity index (χ1n) is 6.91. The molecule has 0 saturated heterocycles. The van der Waals surface area contributed by atoms with Gasteiger partial charge in [-0.25, -0.2) is 0 Å². The van der Waals surface area contributed by atoms with Crippen molar-refractivity contribution in [2.24, 2.45) is 11.8 Å². The van der Waals surface area contributed by atoms with E-state index in [2.05, 4.69) is 74.1 Å². The predicted octanol–water partition coefficient (Wildman–Crippen LogP) is 5.63. The van der Waals surface area contributed by atoms with Crippen molar-refractivity contribution in [3.8, 4) is 0 Å². The Hall–Kier alpha value is -0.500. The maximum Gasteiger partial charge on any atom is 0.0383 e. The van der Waals surface area contributed by atoms with E-state index < -0.39 is 0 Å². The van der Waals surface area contributed by atoms with E-state index in [1.54, 1.807) is 0 Å². The van der Waals surface area contributed by atoms with Crippen LogP contribution in [0.15, 0.2) is 22.7 Å². The van der Waals surface area contributed by atoms with Crippen LogP contribution in [0.2, 0.25) is 0 Å². The predicted molar refractivity (Wildman–Crippen MR) is 85.2 cm³/mol. The van der Waals surface area contributed by atoms with Crippen LogP contribution in [0.25, 0.3) is 0 Å². The third kappa shape index (κ3) is 5.01. The first kappa shape index (κ1) is 15.6. The maximum atomic E-state index is 3.72. The second-order valence-corrected chi connectivity index (χ2v) is 6.87. The lowest BCUT2D eigenvalue weighted by Gasteiger charge is -2.24. The molecule has 0 amide bonds. The molecule has 0 saturated carbocycles. The Morgan fingerprint density at radius 1 is 1.06 bits per heavy atom. The van der Waals surface area contributed by atoms with Gasteiger partial charge >= 0.3 is 0 Å². The highest BCUT2D eigenvalue weighted by molar-refractivity contribution is 9.10. The summed E-state index contributed by atoms with van der Waals surface area (Å²) in [5.74, 6) is 1.46. The van der Waals surface area contributed by atoms with Crippen LogP contribution < -0.4 is 5.32 Å². The average molecular weight is 312 g/mol. The molecule has 0 heterocycles. The molecule has 18 heavy (non-hydrogen) atoms. The Balaban J connectivity index is 2.78. The SMILES string of the molecule is Cc1c(Br)cccc1NC(CC(C)C)CC(C)C. The smallest absolute Gasteiger partial charge is 0.0383 e. The van der Waals surface area contributed by atoms with Gasteiger partial charge in [-0.15, -0.1) is 0 Å². The van der Waals surface area contributed by atoms with Gasteiger partial charge in [0.1, 0.15) is 0 Å². The summed E-state index contributed by atoms with van der Waals surface area (Å²) in [4.78, 5) is 0. The molecule has 0 atom stereocenters. The molecule has 1 aromatic rings. The second kappa shape index (κ2) is 7.18. The molecule has 0 aromatic heterocycles. The van der Waals surface area contributed by atoms with Gasteiger partial charge in [-0.1, -0.05) is 49.7 Å². The van der Waals surface area contributed by atoms with Crippen LogP contribution in [0.1, 0.15) is 46.1 Å². The fraction of sp³-hybridized carbons (Fsp3) is 0.625. The third-order valence-corrected chi connectivity index (χ3v) is 4.00. The molecular formula is C16H26BrN. The van der Waals surface area contributed by atoms with Gasteiger partial charge in [0.05, 0.1) is 0 Å². The van der Waals surface area contributed by atoms with Crippen molar-refractivity contribution in [1.82, 2.24) is 0 Å². The largest absolute Gasteiger partial charge is 0.382 e. The summed E-state index contributed by atoms with van der Waals surface area (Å²) in [7, 11) is 0. The Labute approximate surface area is 120 Å². The molecule has 0 fully saturated rings. The van der Waals surface area contributed by atoms with Gasteiger partial charge in [0.2, 0.25) is 0 Å². The molecule has 1 nitrogen and oxygen atoms in total. The number of nitrogens with one attached hydrogen (secondary N) is 1. The molecule has 0 aliphatic heterocycles. The summed E-state index contributed by atoms with van der Waals surface area (Å²) in [5.41, 5.74) is 2.56. The normalized spacial score (nSPS) is 11.6. The summed E-state index contributed by atoms with van der Waals surface area (Å²) in [6.45, 7) is 11.3. The Bertz CT molecular complexity index is 361. The van der Waals surface area contributed by atoms with Crippen LogP contribution >= 0.6 is 15.9 Å². The number of rotatable bonds is 6. The van der Waals surface area contributed by atoms with Gasteiger partial charge in [0, 0.05) is 16.2 Å². The van der Waals surface area contributed by atoms with E-state index in [0.717, 1.165) is 11.8 Å². The van der Waals surface area contributed by atoms with E-state index in [-0.39, 0.29) is 0 Å². The lowest BCUT2D eigenvalue weighted by molar-refractivity contribution is 0.442. The third-order valence-electron chi connectivity index (χ3n) is 3.14. The molecule has 102 valence electrons. The Kier molecular flexibility index (Phi) is 6.20. The summed E-state index contributed by atoms with van der Waals surface area (Å²) in [6.07, 6.45) is 2.45. The number of hydrogen-bond acceptors (Lipinski definition) is 1. The first-order chi connectivity index (χ1) is 8.40. The summed E-state index contributed by atoms with van der Waals surface area (Å²) in [6, 6.07) is 6.94. The number of benzene rings is 1. The van der Waals surface area contributed by atoms with Gasteiger partial charge in [-0.2, -0.15) is 0 Å². The van der Waals surface area contributed by atoms with Gasteiger partial charge in [0.25, 0.3) is 0 Å². The van der Waals surface area contributed by atoms with E-state index in [4.69, 9.17) is 0 Å². The van der Waals surface area contributed by atoms with E-state index in [9.17, 15) is 0 Å². The van der Waals surface area contributed by atoms with Crippen LogP contribution in [-0.4, -0.2) is 6.04 Å². The summed E-state index contributed by atoms with van der Waals surface area (Å²) < 4.78 is 1.18. The monoisotopic (exact) mass is 311 g/mol. The van der Waals surface area contributed by atoms with Crippen LogP contribution in [0, 0.1) is 18.8 Å². The second-order valence-electron chi connectivity index (χ2n) is 6.01. The molecule has 1 rings (SSSR count). The summed E-state index contributed by atoms with van der Waals surface area (Å²) >= 11 is 3.60. The van der Waals surface area contributed by atoms with E-state index in [0.29, 0.717) is 6.04 Å². The molecule has 1 N–H and O–H groups in total. The molecule has 0 spiro atoms. The molecule has 0 radical (unpaired) electrons. The zero-order valence-corrected chi connectivity index (χ0v) is 13.8. The lowest BCUT2D eigenvalue weighted by Crippen LogP contribution is -2.24. The van der Waals surface area contributed by atoms with Gasteiger partial charge in [-0.3, -0.25) is 0 Å². The summed E-state index contributed by atoms with van der Waals surface area (Å²) in [5, 5.41) is 3.72. The van der Waals surface area contributed by atoms with E-state index in [1.165, 1.54) is 28.6 Å². The maximum absolute atomic E-state index is 3.72. The van der Waals surface area contributed by atoms with Crippen LogP contribution in [-0.2, 0) is 0 Å². The van der Waals surface area contributed by atoms with Crippen LogP contribution in [0.5, 0.6) is 0 Å². The van der Waals surface area contributed by atoms with Crippen LogP contribution in [0.4, 0.5) is 5.69 Å². The topological polar surface area (TPSA) is 12.0 Å². The van der Waals surface area contributed by atoms with Gasteiger partial charge < -0.3 is 5.32 Å². The van der Waals surface area contributed by atoms with Gasteiger partial charge in [-0.05, 0) is 49.3 Å². The molecule has 2 heteroatoms. The highest BCUT2D eigenvalue weighted by Gasteiger charge is 2.14. The fourth-order valence-electron chi connectivity index (χ4n) is 2.34. The van der Waals surface area contributed by atoms with Crippen molar-refractivity contribution in [2.75, 3.05) is 5.32 Å². The zero-order valence-electron chi connectivity index (χ0n) is 12.3. The fourth-order valence-corrected chi connectivity index (χ4v) is 2.70. The van der Waals surface area contributed by atoms with Crippen molar-refractivity contribution in [2.45, 2.75) is 53.5 Å². The lowest BCUT2D eigenvalue weighted by atomic mass is 9.95. The molecule has 0 aliphatic rings. The molecule has 1 aromatic carbocycles. The van der Waals surface area contributed by atoms with Gasteiger partial charge in [0.15, 0.2) is 0 Å². The molecule has 0 bridgehead atoms. The molecule has 0 unspecified atom stereocenters. The first-order valence-corrected chi connectivity index (χ1v) is 7.71. The molecular weight excluding hydrogens is 286 g/mol. The standard InChI is InChI=1S/C16H26BrN/c1-11(2)9-14(10-12(3)4)18-16-8-6-7-15(17)13(16)5/h6-8,11-12,14,18H,9-10H2,1-5H3. The molecule has 0 aliphatic carbocycles. The number of anilines is 1. The van der Waals surface area contributed by atoms with Crippen molar-refractivity contribution < 1.29 is 0 Å². The quantitative estimate of drug-likeness (QED) is 0.718. The van der Waals surface area contributed by atoms with E-state index in [1.807, 2.05) is 0 Å². The Morgan fingerprint density at radius 2 is 1.61 bits per heavy atom. The highest BCUT2D eigenvalue weighted by Crippen LogP contribution is 2.26. The van der Waals surface area contributed by atoms with Crippen molar-refractivity contribution in [1.29, 1.82) is 0 Å². The van der Waals surface area contributed by atoms with Crippen molar-refractivity contribution >= 4 is 21.6 Å². The minimum atomic E-state index is 0.568. The number of halogens is 1. The zero-order chi connectivity index (χ0) is 13.7. The minimum absolute atomic E-state index is 0.568.